The molecule has 0 bridgehead atoms. The van der Waals surface area contributed by atoms with Crippen LogP contribution in [0.15, 0.2) is 42.5 Å². The van der Waals surface area contributed by atoms with Gasteiger partial charge < -0.3 is 10.6 Å². The fourth-order valence-electron chi connectivity index (χ4n) is 2.47. The maximum absolute atomic E-state index is 11.3. The third-order valence-corrected chi connectivity index (χ3v) is 3.42. The molecule has 1 aliphatic rings. The number of anilines is 2. The Kier molecular flexibility index (Phi) is 2.95. The van der Waals surface area contributed by atoms with E-state index in [1.165, 1.54) is 11.1 Å². The molecular formula is C16H16N2O. The van der Waals surface area contributed by atoms with E-state index in [1.807, 2.05) is 13.1 Å². The van der Waals surface area contributed by atoms with Crippen LogP contribution in [0.3, 0.4) is 0 Å². The standard InChI is InChI=1S/C16H16N2O/c1-17-14-4-2-3-11(9-14)7-12-5-6-15-13(8-12)10-16(19)18-15/h2-6,8-9,17H,7,10H2,1H3,(H,18,19). The number of fused-ring (bicyclic) bond motifs is 1. The van der Waals surface area contributed by atoms with Crippen molar-refractivity contribution in [2.24, 2.45) is 0 Å². The van der Waals surface area contributed by atoms with Crippen molar-refractivity contribution in [3.63, 3.8) is 0 Å². The van der Waals surface area contributed by atoms with E-state index in [2.05, 4.69) is 47.0 Å². The van der Waals surface area contributed by atoms with Crippen molar-refractivity contribution in [2.45, 2.75) is 12.8 Å². The van der Waals surface area contributed by atoms with Crippen molar-refractivity contribution in [1.29, 1.82) is 0 Å². The molecule has 0 spiro atoms. The summed E-state index contributed by atoms with van der Waals surface area (Å²) in [7, 11) is 1.92. The van der Waals surface area contributed by atoms with E-state index < -0.39 is 0 Å². The molecule has 0 radical (unpaired) electrons. The average molecular weight is 252 g/mol. The third-order valence-electron chi connectivity index (χ3n) is 3.42. The Balaban J connectivity index is 1.84. The molecule has 0 unspecified atom stereocenters. The van der Waals surface area contributed by atoms with Gasteiger partial charge in [-0.15, -0.1) is 0 Å². The zero-order valence-electron chi connectivity index (χ0n) is 10.9. The van der Waals surface area contributed by atoms with Crippen molar-refractivity contribution in [2.75, 3.05) is 17.7 Å². The van der Waals surface area contributed by atoms with E-state index in [9.17, 15) is 4.79 Å². The first-order valence-electron chi connectivity index (χ1n) is 6.43. The van der Waals surface area contributed by atoms with Gasteiger partial charge in [-0.25, -0.2) is 0 Å². The molecule has 3 heteroatoms. The van der Waals surface area contributed by atoms with Crippen LogP contribution in [-0.2, 0) is 17.6 Å². The number of hydrogen-bond acceptors (Lipinski definition) is 2. The molecule has 19 heavy (non-hydrogen) atoms. The molecule has 0 fully saturated rings. The zero-order chi connectivity index (χ0) is 13.2. The second kappa shape index (κ2) is 4.76. The van der Waals surface area contributed by atoms with Gasteiger partial charge in [0.2, 0.25) is 5.91 Å². The molecule has 2 aromatic carbocycles. The maximum atomic E-state index is 11.3. The first-order valence-corrected chi connectivity index (χ1v) is 6.43. The number of carbonyl (C=O) groups excluding carboxylic acids is 1. The number of hydrogen-bond donors (Lipinski definition) is 2. The highest BCUT2D eigenvalue weighted by molar-refractivity contribution is 5.99. The molecule has 3 rings (SSSR count). The lowest BCUT2D eigenvalue weighted by atomic mass is 10.0. The normalized spacial score (nSPS) is 13.0. The van der Waals surface area contributed by atoms with Gasteiger partial charge in [-0.2, -0.15) is 0 Å². The summed E-state index contributed by atoms with van der Waals surface area (Å²) in [6, 6.07) is 14.6. The van der Waals surface area contributed by atoms with Crippen LogP contribution in [0.5, 0.6) is 0 Å². The van der Waals surface area contributed by atoms with E-state index in [-0.39, 0.29) is 5.91 Å². The van der Waals surface area contributed by atoms with Gasteiger partial charge in [-0.3, -0.25) is 4.79 Å². The number of benzene rings is 2. The second-order valence-corrected chi connectivity index (χ2v) is 4.84. The van der Waals surface area contributed by atoms with Crippen molar-refractivity contribution >= 4 is 17.3 Å². The van der Waals surface area contributed by atoms with Crippen LogP contribution in [0.1, 0.15) is 16.7 Å². The monoisotopic (exact) mass is 252 g/mol. The fraction of sp³-hybridized carbons (Fsp3) is 0.188. The molecular weight excluding hydrogens is 236 g/mol. The van der Waals surface area contributed by atoms with E-state index in [0.29, 0.717) is 6.42 Å². The van der Waals surface area contributed by atoms with E-state index in [0.717, 1.165) is 23.4 Å². The van der Waals surface area contributed by atoms with Gasteiger partial charge in [0.15, 0.2) is 0 Å². The Morgan fingerprint density at radius 1 is 1.16 bits per heavy atom. The highest BCUT2D eigenvalue weighted by atomic mass is 16.1. The zero-order valence-corrected chi connectivity index (χ0v) is 10.9. The molecule has 2 N–H and O–H groups in total. The van der Waals surface area contributed by atoms with Gasteiger partial charge in [0.25, 0.3) is 0 Å². The molecule has 2 aromatic rings. The molecule has 0 saturated heterocycles. The molecule has 1 amide bonds. The SMILES string of the molecule is CNc1cccc(Cc2ccc3c(c2)CC(=O)N3)c1. The highest BCUT2D eigenvalue weighted by Crippen LogP contribution is 2.25. The van der Waals surface area contributed by atoms with Crippen LogP contribution in [0.4, 0.5) is 11.4 Å². The molecule has 0 saturated carbocycles. The quantitative estimate of drug-likeness (QED) is 0.882. The van der Waals surface area contributed by atoms with Crippen LogP contribution < -0.4 is 10.6 Å². The number of nitrogens with one attached hydrogen (secondary N) is 2. The summed E-state index contributed by atoms with van der Waals surface area (Å²) < 4.78 is 0. The van der Waals surface area contributed by atoms with Gasteiger partial charge >= 0.3 is 0 Å². The summed E-state index contributed by atoms with van der Waals surface area (Å²) in [5.41, 5.74) is 5.69. The van der Waals surface area contributed by atoms with Crippen LogP contribution in [0, 0.1) is 0 Å². The van der Waals surface area contributed by atoms with Gasteiger partial charge in [0.05, 0.1) is 6.42 Å². The molecule has 96 valence electrons. The molecule has 1 aliphatic heterocycles. The van der Waals surface area contributed by atoms with Crippen molar-refractivity contribution in [1.82, 2.24) is 0 Å². The molecule has 0 aliphatic carbocycles. The number of amides is 1. The van der Waals surface area contributed by atoms with Crippen LogP contribution >= 0.6 is 0 Å². The first-order chi connectivity index (χ1) is 9.24. The average Bonchev–Trinajstić information content (AvgIpc) is 2.78. The Morgan fingerprint density at radius 2 is 2.00 bits per heavy atom. The van der Waals surface area contributed by atoms with Gasteiger partial charge in [0.1, 0.15) is 0 Å². The van der Waals surface area contributed by atoms with Crippen molar-refractivity contribution in [3.8, 4) is 0 Å². The fourth-order valence-corrected chi connectivity index (χ4v) is 2.47. The lowest BCUT2D eigenvalue weighted by molar-refractivity contribution is -0.115. The molecule has 0 atom stereocenters. The van der Waals surface area contributed by atoms with Gasteiger partial charge in [-0.1, -0.05) is 24.3 Å². The predicted octanol–water partition coefficient (Wildman–Crippen LogP) is 2.81. The number of carbonyl (C=O) groups is 1. The summed E-state index contributed by atoms with van der Waals surface area (Å²) in [6.45, 7) is 0. The lowest BCUT2D eigenvalue weighted by Gasteiger charge is -2.07. The van der Waals surface area contributed by atoms with Gasteiger partial charge in [0, 0.05) is 18.4 Å². The Morgan fingerprint density at radius 3 is 2.84 bits per heavy atom. The minimum atomic E-state index is 0.0873. The van der Waals surface area contributed by atoms with Gasteiger partial charge in [-0.05, 0) is 41.3 Å². The van der Waals surface area contributed by atoms with Crippen molar-refractivity contribution in [3.05, 3.63) is 59.2 Å². The number of rotatable bonds is 3. The predicted molar refractivity (Wildman–Crippen MR) is 77.6 cm³/mol. The van der Waals surface area contributed by atoms with Crippen LogP contribution in [-0.4, -0.2) is 13.0 Å². The Labute approximate surface area is 112 Å². The van der Waals surface area contributed by atoms with E-state index in [4.69, 9.17) is 0 Å². The smallest absolute Gasteiger partial charge is 0.228 e. The third kappa shape index (κ3) is 2.45. The summed E-state index contributed by atoms with van der Waals surface area (Å²) >= 11 is 0. The minimum absolute atomic E-state index is 0.0873. The second-order valence-electron chi connectivity index (χ2n) is 4.84. The Hall–Kier alpha value is -2.29. The summed E-state index contributed by atoms with van der Waals surface area (Å²) in [4.78, 5) is 11.3. The van der Waals surface area contributed by atoms with Crippen LogP contribution in [0.25, 0.3) is 0 Å². The lowest BCUT2D eigenvalue weighted by Crippen LogP contribution is -2.03. The Bertz CT molecular complexity index is 634. The summed E-state index contributed by atoms with van der Waals surface area (Å²) in [6.07, 6.45) is 1.39. The largest absolute Gasteiger partial charge is 0.388 e. The van der Waals surface area contributed by atoms with E-state index >= 15 is 0 Å². The van der Waals surface area contributed by atoms with E-state index in [1.54, 1.807) is 0 Å². The van der Waals surface area contributed by atoms with Crippen LogP contribution in [0.2, 0.25) is 0 Å². The first kappa shape index (κ1) is 11.8. The molecule has 0 aromatic heterocycles. The summed E-state index contributed by atoms with van der Waals surface area (Å²) in [5.74, 6) is 0.0873. The maximum Gasteiger partial charge on any atom is 0.228 e. The van der Waals surface area contributed by atoms with Crippen molar-refractivity contribution < 1.29 is 4.79 Å². The minimum Gasteiger partial charge on any atom is -0.388 e. The highest BCUT2D eigenvalue weighted by Gasteiger charge is 2.17. The topological polar surface area (TPSA) is 41.1 Å². The molecule has 3 nitrogen and oxygen atoms in total. The molecule has 1 heterocycles. The summed E-state index contributed by atoms with van der Waals surface area (Å²) in [5, 5.41) is 6.00.